The van der Waals surface area contributed by atoms with Crippen molar-refractivity contribution in [3.05, 3.63) is 94.1 Å². The van der Waals surface area contributed by atoms with Crippen LogP contribution in [-0.4, -0.2) is 37.9 Å². The van der Waals surface area contributed by atoms with E-state index in [1.54, 1.807) is 62.6 Å². The van der Waals surface area contributed by atoms with E-state index in [4.69, 9.17) is 13.9 Å². The van der Waals surface area contributed by atoms with E-state index in [9.17, 15) is 19.2 Å². The Bertz CT molecular complexity index is 1550. The highest BCUT2D eigenvalue weighted by molar-refractivity contribution is 6.39. The summed E-state index contributed by atoms with van der Waals surface area (Å²) in [5.41, 5.74) is 3.74. The normalized spacial score (nSPS) is 14.0. The molecule has 40 heavy (non-hydrogen) atoms. The maximum absolute atomic E-state index is 13.4. The summed E-state index contributed by atoms with van der Waals surface area (Å²) >= 11 is 0. The number of esters is 1. The van der Waals surface area contributed by atoms with Crippen molar-refractivity contribution in [3.8, 4) is 5.75 Å². The molecule has 0 aliphatic carbocycles. The van der Waals surface area contributed by atoms with Gasteiger partial charge in [-0.05, 0) is 86.5 Å². The van der Waals surface area contributed by atoms with E-state index in [1.807, 2.05) is 19.9 Å². The molecule has 0 spiro atoms. The van der Waals surface area contributed by atoms with Crippen LogP contribution in [0.5, 0.6) is 5.75 Å². The molecule has 1 aromatic heterocycles. The number of furan rings is 1. The molecule has 4 rings (SSSR count). The highest BCUT2D eigenvalue weighted by Crippen LogP contribution is 2.36. The molecule has 2 aromatic carbocycles. The first-order chi connectivity index (χ1) is 19.1. The molecule has 206 valence electrons. The van der Waals surface area contributed by atoms with Crippen LogP contribution in [0.2, 0.25) is 0 Å². The molecule has 10 nitrogen and oxygen atoms in total. The largest absolute Gasteiger partial charge is 0.497 e. The fourth-order valence-electron chi connectivity index (χ4n) is 4.19. The van der Waals surface area contributed by atoms with E-state index >= 15 is 0 Å². The molecular formula is C30H29N3O7. The molecule has 0 saturated carbocycles. The summed E-state index contributed by atoms with van der Waals surface area (Å²) < 4.78 is 15.9. The standard InChI is InChI=1S/C30H29N3O7/c1-17-6-7-20(14-18(17)2)32-28(35)27(34)31-16-24-13-12-23(40-24)15-25-26(30(37)39-5)19(3)33(29(25)36)21-8-10-22(38-4)11-9-21/h6-15H,16H2,1-5H3,(H,31,34)(H,32,35)/b25-15-. The topological polar surface area (TPSA) is 127 Å². The number of nitrogens with zero attached hydrogens (tertiary/aromatic N) is 1. The molecule has 3 aromatic rings. The number of carbonyl (C=O) groups excluding carboxylic acids is 4. The van der Waals surface area contributed by atoms with Crippen molar-refractivity contribution in [2.75, 3.05) is 24.4 Å². The smallest absolute Gasteiger partial charge is 0.340 e. The number of methoxy groups -OCH3 is 2. The van der Waals surface area contributed by atoms with E-state index in [1.165, 1.54) is 18.1 Å². The molecular weight excluding hydrogens is 514 g/mol. The van der Waals surface area contributed by atoms with E-state index in [0.717, 1.165) is 11.1 Å². The number of allylic oxidation sites excluding steroid dienone is 1. The first kappa shape index (κ1) is 27.9. The fraction of sp³-hybridized carbons (Fsp3) is 0.200. The summed E-state index contributed by atoms with van der Waals surface area (Å²) in [6, 6.07) is 15.4. The van der Waals surface area contributed by atoms with Gasteiger partial charge in [-0.15, -0.1) is 0 Å². The molecule has 0 saturated heterocycles. The second kappa shape index (κ2) is 11.7. The van der Waals surface area contributed by atoms with E-state index < -0.39 is 23.7 Å². The third kappa shape index (κ3) is 5.80. The van der Waals surface area contributed by atoms with Crippen molar-refractivity contribution < 1.29 is 33.1 Å². The van der Waals surface area contributed by atoms with Crippen molar-refractivity contribution in [3.63, 3.8) is 0 Å². The second-order valence-corrected chi connectivity index (χ2v) is 9.09. The van der Waals surface area contributed by atoms with Crippen molar-refractivity contribution >= 4 is 41.1 Å². The van der Waals surface area contributed by atoms with Crippen LogP contribution in [0.25, 0.3) is 6.08 Å². The predicted molar refractivity (Wildman–Crippen MR) is 148 cm³/mol. The van der Waals surface area contributed by atoms with Crippen LogP contribution in [0.4, 0.5) is 11.4 Å². The van der Waals surface area contributed by atoms with Crippen LogP contribution in [0.15, 0.2) is 75.9 Å². The predicted octanol–water partition coefficient (Wildman–Crippen LogP) is 4.04. The van der Waals surface area contributed by atoms with Gasteiger partial charge in [0.2, 0.25) is 0 Å². The number of rotatable bonds is 7. The lowest BCUT2D eigenvalue weighted by Gasteiger charge is -2.18. The zero-order chi connectivity index (χ0) is 29.0. The third-order valence-electron chi connectivity index (χ3n) is 6.48. The summed E-state index contributed by atoms with van der Waals surface area (Å²) in [6.45, 7) is 5.46. The van der Waals surface area contributed by atoms with E-state index in [-0.39, 0.29) is 23.5 Å². The summed E-state index contributed by atoms with van der Waals surface area (Å²) in [6.07, 6.45) is 1.44. The molecule has 0 fully saturated rings. The van der Waals surface area contributed by atoms with Gasteiger partial charge in [0, 0.05) is 17.1 Å². The highest BCUT2D eigenvalue weighted by Gasteiger charge is 2.38. The number of aryl methyl sites for hydroxylation is 2. The number of anilines is 2. The van der Waals surface area contributed by atoms with Gasteiger partial charge in [0.15, 0.2) is 0 Å². The van der Waals surface area contributed by atoms with Crippen LogP contribution < -0.4 is 20.3 Å². The van der Waals surface area contributed by atoms with Gasteiger partial charge < -0.3 is 24.5 Å². The molecule has 10 heteroatoms. The Kier molecular flexibility index (Phi) is 8.18. The van der Waals surface area contributed by atoms with Crippen molar-refractivity contribution in [1.29, 1.82) is 0 Å². The number of nitrogens with one attached hydrogen (secondary N) is 2. The molecule has 1 aliphatic rings. The first-order valence-electron chi connectivity index (χ1n) is 12.4. The average Bonchev–Trinajstić information content (AvgIpc) is 3.50. The molecule has 2 heterocycles. The summed E-state index contributed by atoms with van der Waals surface area (Å²) in [7, 11) is 2.78. The SMILES string of the molecule is COC(=O)C1=C(C)N(c2ccc(OC)cc2)C(=O)/C1=C\c1ccc(CNC(=O)C(=O)Nc2ccc(C)c(C)c2)o1. The Hall–Kier alpha value is -5.12. The molecule has 0 radical (unpaired) electrons. The first-order valence-corrected chi connectivity index (χ1v) is 12.4. The summed E-state index contributed by atoms with van der Waals surface area (Å²) in [4.78, 5) is 52.1. The Labute approximate surface area is 231 Å². The van der Waals surface area contributed by atoms with E-state index in [2.05, 4.69) is 10.6 Å². The molecule has 0 unspecified atom stereocenters. The molecule has 2 N–H and O–H groups in total. The van der Waals surface area contributed by atoms with Gasteiger partial charge in [0.1, 0.15) is 17.3 Å². The molecule has 0 bridgehead atoms. The van der Waals surface area contributed by atoms with Crippen molar-refractivity contribution in [2.45, 2.75) is 27.3 Å². The Morgan fingerprint density at radius 1 is 0.925 bits per heavy atom. The number of benzene rings is 2. The zero-order valence-electron chi connectivity index (χ0n) is 22.8. The van der Waals surface area contributed by atoms with Gasteiger partial charge in [-0.3, -0.25) is 19.3 Å². The summed E-state index contributed by atoms with van der Waals surface area (Å²) in [5, 5.41) is 5.07. The minimum atomic E-state index is -0.831. The van der Waals surface area contributed by atoms with Crippen LogP contribution in [-0.2, 0) is 30.5 Å². The average molecular weight is 544 g/mol. The number of hydrogen-bond donors (Lipinski definition) is 2. The van der Waals surface area contributed by atoms with Crippen molar-refractivity contribution in [2.24, 2.45) is 0 Å². The fourth-order valence-corrected chi connectivity index (χ4v) is 4.19. The molecule has 0 atom stereocenters. The van der Waals surface area contributed by atoms with Gasteiger partial charge in [0.05, 0.1) is 31.9 Å². The number of ether oxygens (including phenoxy) is 2. The maximum atomic E-state index is 13.4. The van der Waals surface area contributed by atoms with Gasteiger partial charge in [0.25, 0.3) is 5.91 Å². The molecule has 1 aliphatic heterocycles. The molecule has 3 amide bonds. The Morgan fingerprint density at radius 3 is 2.30 bits per heavy atom. The Balaban J connectivity index is 1.48. The quantitative estimate of drug-likeness (QED) is 0.262. The maximum Gasteiger partial charge on any atom is 0.340 e. The summed E-state index contributed by atoms with van der Waals surface area (Å²) in [5.74, 6) is -1.49. The van der Waals surface area contributed by atoms with Crippen LogP contribution in [0.3, 0.4) is 0 Å². The van der Waals surface area contributed by atoms with Gasteiger partial charge >= 0.3 is 17.8 Å². The van der Waals surface area contributed by atoms with Crippen LogP contribution in [0.1, 0.15) is 29.6 Å². The van der Waals surface area contributed by atoms with Gasteiger partial charge in [-0.1, -0.05) is 6.07 Å². The highest BCUT2D eigenvalue weighted by atomic mass is 16.5. The lowest BCUT2D eigenvalue weighted by Crippen LogP contribution is -2.34. The monoisotopic (exact) mass is 543 g/mol. The lowest BCUT2D eigenvalue weighted by molar-refractivity contribution is -0.136. The Morgan fingerprint density at radius 2 is 1.65 bits per heavy atom. The third-order valence-corrected chi connectivity index (χ3v) is 6.48. The minimum Gasteiger partial charge on any atom is -0.497 e. The van der Waals surface area contributed by atoms with Crippen LogP contribution >= 0.6 is 0 Å². The number of carbonyl (C=O) groups is 4. The van der Waals surface area contributed by atoms with Gasteiger partial charge in [-0.2, -0.15) is 0 Å². The number of hydrogen-bond acceptors (Lipinski definition) is 7. The van der Waals surface area contributed by atoms with Crippen molar-refractivity contribution in [1.82, 2.24) is 5.32 Å². The van der Waals surface area contributed by atoms with Crippen LogP contribution in [0, 0.1) is 13.8 Å². The zero-order valence-corrected chi connectivity index (χ0v) is 22.8. The second-order valence-electron chi connectivity index (χ2n) is 9.09. The number of amides is 3. The lowest BCUT2D eigenvalue weighted by atomic mass is 10.1. The van der Waals surface area contributed by atoms with Gasteiger partial charge in [-0.25, -0.2) is 4.79 Å². The van der Waals surface area contributed by atoms with E-state index in [0.29, 0.717) is 28.6 Å². The minimum absolute atomic E-state index is 0.0625.